The topological polar surface area (TPSA) is 17.8 Å². The van der Waals surface area contributed by atoms with Crippen LogP contribution in [0.4, 0.5) is 0 Å². The van der Waals surface area contributed by atoms with E-state index in [-0.39, 0.29) is 0 Å². The lowest BCUT2D eigenvalue weighted by molar-refractivity contribution is 0.427. The quantitative estimate of drug-likeness (QED) is 0.720. The molecule has 0 fully saturated rings. The molecule has 0 saturated heterocycles. The molecule has 0 aliphatic heterocycles. The van der Waals surface area contributed by atoms with Gasteiger partial charge in [0.2, 0.25) is 0 Å². The molecule has 0 spiro atoms. The van der Waals surface area contributed by atoms with Crippen LogP contribution in [0.3, 0.4) is 0 Å². The van der Waals surface area contributed by atoms with Crippen LogP contribution in [-0.4, -0.2) is 15.5 Å². The Hall–Kier alpha value is -0.440. The Morgan fingerprint density at radius 3 is 2.85 bits per heavy atom. The number of aryl methyl sites for hydroxylation is 1. The first-order valence-electron chi connectivity index (χ1n) is 4.86. The van der Waals surface area contributed by atoms with Crippen LogP contribution in [0.5, 0.6) is 0 Å². The zero-order chi connectivity index (χ0) is 9.68. The Morgan fingerprint density at radius 1 is 1.62 bits per heavy atom. The predicted molar refractivity (Wildman–Crippen MR) is 59.2 cm³/mol. The molecule has 1 rings (SSSR count). The Labute approximate surface area is 85.7 Å². The van der Waals surface area contributed by atoms with Gasteiger partial charge in [0.25, 0.3) is 0 Å². The Morgan fingerprint density at radius 2 is 2.38 bits per heavy atom. The summed E-state index contributed by atoms with van der Waals surface area (Å²) in [7, 11) is 0. The van der Waals surface area contributed by atoms with Crippen molar-refractivity contribution >= 4 is 12.6 Å². The first-order chi connectivity index (χ1) is 6.26. The van der Waals surface area contributed by atoms with E-state index in [0.717, 1.165) is 12.3 Å². The van der Waals surface area contributed by atoms with Crippen molar-refractivity contribution in [1.29, 1.82) is 0 Å². The van der Waals surface area contributed by atoms with Gasteiger partial charge in [0, 0.05) is 12.7 Å². The molecule has 0 amide bonds. The van der Waals surface area contributed by atoms with E-state index in [1.807, 2.05) is 10.9 Å². The van der Waals surface area contributed by atoms with Gasteiger partial charge in [-0.25, -0.2) is 0 Å². The van der Waals surface area contributed by atoms with Gasteiger partial charge in [-0.05, 0) is 30.6 Å². The van der Waals surface area contributed by atoms with E-state index in [0.29, 0.717) is 5.92 Å². The second-order valence-electron chi connectivity index (χ2n) is 3.58. The van der Waals surface area contributed by atoms with E-state index >= 15 is 0 Å². The van der Waals surface area contributed by atoms with Crippen LogP contribution in [0.25, 0.3) is 0 Å². The third-order valence-corrected chi connectivity index (χ3v) is 2.68. The fraction of sp³-hybridized carbons (Fsp3) is 0.700. The molecule has 1 heterocycles. The summed E-state index contributed by atoms with van der Waals surface area (Å²) in [5.74, 6) is 1.61. The summed E-state index contributed by atoms with van der Waals surface area (Å²) < 4.78 is 2.02. The summed E-state index contributed by atoms with van der Waals surface area (Å²) in [6.07, 6.45) is 6.46. The number of thiol groups is 1. The molecule has 0 bridgehead atoms. The third kappa shape index (κ3) is 3.43. The van der Waals surface area contributed by atoms with Gasteiger partial charge >= 0.3 is 0 Å². The van der Waals surface area contributed by atoms with Gasteiger partial charge in [0.15, 0.2) is 0 Å². The van der Waals surface area contributed by atoms with E-state index in [1.54, 1.807) is 0 Å². The smallest absolute Gasteiger partial charge is 0.0518 e. The van der Waals surface area contributed by atoms with Crippen molar-refractivity contribution in [2.75, 3.05) is 5.75 Å². The van der Waals surface area contributed by atoms with Gasteiger partial charge in [-0.2, -0.15) is 17.7 Å². The van der Waals surface area contributed by atoms with Gasteiger partial charge < -0.3 is 0 Å². The van der Waals surface area contributed by atoms with Crippen molar-refractivity contribution in [3.05, 3.63) is 18.0 Å². The molecule has 0 aromatic carbocycles. The maximum absolute atomic E-state index is 4.35. The maximum Gasteiger partial charge on any atom is 0.0518 e. The van der Waals surface area contributed by atoms with Crippen LogP contribution in [0.15, 0.2) is 12.4 Å². The van der Waals surface area contributed by atoms with Gasteiger partial charge in [-0.1, -0.05) is 13.3 Å². The zero-order valence-electron chi connectivity index (χ0n) is 8.40. The van der Waals surface area contributed by atoms with Crippen LogP contribution in [0, 0.1) is 12.8 Å². The summed E-state index contributed by atoms with van der Waals surface area (Å²) in [6, 6.07) is 0. The van der Waals surface area contributed by atoms with E-state index in [4.69, 9.17) is 0 Å². The van der Waals surface area contributed by atoms with Crippen molar-refractivity contribution < 1.29 is 0 Å². The van der Waals surface area contributed by atoms with Crippen LogP contribution in [0.1, 0.15) is 25.3 Å². The highest BCUT2D eigenvalue weighted by Gasteiger charge is 2.06. The molecule has 13 heavy (non-hydrogen) atoms. The fourth-order valence-corrected chi connectivity index (χ4v) is 1.78. The first-order valence-corrected chi connectivity index (χ1v) is 5.49. The highest BCUT2D eigenvalue weighted by Crippen LogP contribution is 2.11. The van der Waals surface area contributed by atoms with Crippen LogP contribution in [-0.2, 0) is 6.54 Å². The van der Waals surface area contributed by atoms with Crippen LogP contribution < -0.4 is 0 Å². The van der Waals surface area contributed by atoms with Crippen molar-refractivity contribution in [2.24, 2.45) is 5.92 Å². The molecule has 1 aromatic heterocycles. The second kappa shape index (κ2) is 5.32. The maximum atomic E-state index is 4.35. The van der Waals surface area contributed by atoms with Crippen molar-refractivity contribution in [2.45, 2.75) is 33.2 Å². The predicted octanol–water partition coefficient (Wildman–Crippen LogP) is 2.54. The lowest BCUT2D eigenvalue weighted by Gasteiger charge is -2.12. The molecule has 2 nitrogen and oxygen atoms in total. The second-order valence-corrected chi connectivity index (χ2v) is 3.94. The molecule has 0 aliphatic rings. The molecule has 0 radical (unpaired) electrons. The fourth-order valence-electron chi connectivity index (χ4n) is 1.48. The molecule has 1 aromatic rings. The molecule has 1 atom stereocenters. The lowest BCUT2D eigenvalue weighted by atomic mass is 10.1. The minimum absolute atomic E-state index is 0.660. The van der Waals surface area contributed by atoms with Gasteiger partial charge in [0.1, 0.15) is 0 Å². The number of rotatable bonds is 5. The highest BCUT2D eigenvalue weighted by atomic mass is 32.1. The first kappa shape index (κ1) is 10.6. The number of hydrogen-bond acceptors (Lipinski definition) is 2. The molecule has 74 valence electrons. The summed E-state index contributed by atoms with van der Waals surface area (Å²) in [4.78, 5) is 0. The van der Waals surface area contributed by atoms with Gasteiger partial charge in [0.05, 0.1) is 6.20 Å². The lowest BCUT2D eigenvalue weighted by Crippen LogP contribution is -2.12. The standard InChI is InChI=1S/C10H18N2S/c1-3-4-10(8-13)7-12-6-9(2)5-11-12/h5-6,10,13H,3-4,7-8H2,1-2H3. The molecular formula is C10H18N2S. The molecule has 1 unspecified atom stereocenters. The Bertz CT molecular complexity index is 245. The average molecular weight is 198 g/mol. The monoisotopic (exact) mass is 198 g/mol. The van der Waals surface area contributed by atoms with Gasteiger partial charge in [-0.15, -0.1) is 0 Å². The van der Waals surface area contributed by atoms with Crippen LogP contribution in [0.2, 0.25) is 0 Å². The Kier molecular flexibility index (Phi) is 4.36. The molecule has 0 saturated carbocycles. The summed E-state index contributed by atoms with van der Waals surface area (Å²) in [5, 5.41) is 4.27. The Balaban J connectivity index is 2.46. The largest absolute Gasteiger partial charge is 0.272 e. The van der Waals surface area contributed by atoms with Crippen molar-refractivity contribution in [3.63, 3.8) is 0 Å². The summed E-state index contributed by atoms with van der Waals surface area (Å²) in [5.41, 5.74) is 1.23. The van der Waals surface area contributed by atoms with E-state index < -0.39 is 0 Å². The third-order valence-electron chi connectivity index (χ3n) is 2.16. The normalized spacial score (nSPS) is 13.2. The van der Waals surface area contributed by atoms with Crippen molar-refractivity contribution in [3.8, 4) is 0 Å². The number of nitrogens with zero attached hydrogens (tertiary/aromatic N) is 2. The summed E-state index contributed by atoms with van der Waals surface area (Å²) >= 11 is 4.35. The molecule has 0 aliphatic carbocycles. The van der Waals surface area contributed by atoms with Crippen molar-refractivity contribution in [1.82, 2.24) is 9.78 Å². The molecule has 3 heteroatoms. The SMILES string of the molecule is CCCC(CS)Cn1cc(C)cn1. The van der Waals surface area contributed by atoms with E-state index in [1.165, 1.54) is 18.4 Å². The number of aromatic nitrogens is 2. The van der Waals surface area contributed by atoms with E-state index in [2.05, 4.69) is 37.8 Å². The minimum Gasteiger partial charge on any atom is -0.272 e. The summed E-state index contributed by atoms with van der Waals surface area (Å²) in [6.45, 7) is 5.29. The molecule has 0 N–H and O–H groups in total. The number of hydrogen-bond donors (Lipinski definition) is 1. The van der Waals surface area contributed by atoms with Gasteiger partial charge in [-0.3, -0.25) is 4.68 Å². The highest BCUT2D eigenvalue weighted by molar-refractivity contribution is 7.80. The minimum atomic E-state index is 0.660. The van der Waals surface area contributed by atoms with E-state index in [9.17, 15) is 0 Å². The van der Waals surface area contributed by atoms with Crippen LogP contribution >= 0.6 is 12.6 Å². The average Bonchev–Trinajstić information content (AvgIpc) is 2.50. The molecular weight excluding hydrogens is 180 g/mol. The zero-order valence-corrected chi connectivity index (χ0v) is 9.30.